The van der Waals surface area contributed by atoms with E-state index in [0.717, 1.165) is 18.4 Å². The van der Waals surface area contributed by atoms with E-state index in [4.69, 9.17) is 0 Å². The van der Waals surface area contributed by atoms with Gasteiger partial charge in [-0.3, -0.25) is 4.72 Å². The Balaban J connectivity index is 2.30. The summed E-state index contributed by atoms with van der Waals surface area (Å²) in [5, 5.41) is 0. The van der Waals surface area contributed by atoms with Crippen LogP contribution in [-0.4, -0.2) is 15.0 Å². The van der Waals surface area contributed by atoms with E-state index in [1.165, 1.54) is 24.3 Å². The zero-order valence-electron chi connectivity index (χ0n) is 13.4. The first kappa shape index (κ1) is 18.2. The molecule has 0 heterocycles. The fraction of sp³-hybridized carbons (Fsp3) is 0.294. The van der Waals surface area contributed by atoms with Crippen LogP contribution in [0.2, 0.25) is 0 Å². The quantitative estimate of drug-likeness (QED) is 0.803. The number of ether oxygens (including phenoxy) is 1. The Morgan fingerprint density at radius 2 is 1.79 bits per heavy atom. The molecule has 4 nitrogen and oxygen atoms in total. The van der Waals surface area contributed by atoms with E-state index in [1.54, 1.807) is 25.1 Å². The first-order valence-electron chi connectivity index (χ1n) is 7.49. The first-order chi connectivity index (χ1) is 11.3. The highest BCUT2D eigenvalue weighted by atomic mass is 32.2. The molecule has 2 rings (SSSR count). The Hall–Kier alpha value is -2.15. The van der Waals surface area contributed by atoms with Gasteiger partial charge in [-0.2, -0.15) is 8.78 Å². The Labute approximate surface area is 140 Å². The monoisotopic (exact) mass is 355 g/mol. The number of anilines is 1. The Morgan fingerprint density at radius 3 is 2.38 bits per heavy atom. The van der Waals surface area contributed by atoms with Crippen LogP contribution in [0.15, 0.2) is 47.4 Å². The van der Waals surface area contributed by atoms with Gasteiger partial charge in [0.25, 0.3) is 10.0 Å². The van der Waals surface area contributed by atoms with Gasteiger partial charge in [-0.05, 0) is 48.7 Å². The molecule has 0 saturated carbocycles. The standard InChI is InChI=1S/C17H19F2NO3S/c1-3-4-13-6-8-14(9-7-13)24(21,22)20-15-11-12(2)5-10-16(15)23-17(18)19/h5-11,17,20H,3-4H2,1-2H3. The summed E-state index contributed by atoms with van der Waals surface area (Å²) in [6, 6.07) is 10.8. The van der Waals surface area contributed by atoms with Crippen LogP contribution < -0.4 is 9.46 Å². The summed E-state index contributed by atoms with van der Waals surface area (Å²) in [6.45, 7) is 0.724. The third-order valence-corrected chi connectivity index (χ3v) is 4.75. The Kier molecular flexibility index (Phi) is 5.77. The molecule has 1 N–H and O–H groups in total. The predicted octanol–water partition coefficient (Wildman–Crippen LogP) is 4.35. The largest absolute Gasteiger partial charge is 0.433 e. The number of rotatable bonds is 7. The van der Waals surface area contributed by atoms with Gasteiger partial charge in [-0.25, -0.2) is 8.42 Å². The average molecular weight is 355 g/mol. The topological polar surface area (TPSA) is 55.4 Å². The van der Waals surface area contributed by atoms with Crippen molar-refractivity contribution in [1.82, 2.24) is 0 Å². The molecule has 0 aliphatic carbocycles. The zero-order chi connectivity index (χ0) is 17.7. The molecule has 0 atom stereocenters. The summed E-state index contributed by atoms with van der Waals surface area (Å²) in [4.78, 5) is 0.0619. The first-order valence-corrected chi connectivity index (χ1v) is 8.97. The summed E-state index contributed by atoms with van der Waals surface area (Å²) >= 11 is 0. The zero-order valence-corrected chi connectivity index (χ0v) is 14.2. The maximum atomic E-state index is 12.5. The fourth-order valence-corrected chi connectivity index (χ4v) is 3.31. The van der Waals surface area contributed by atoms with Crippen LogP contribution in [0.5, 0.6) is 5.75 Å². The molecule has 0 spiro atoms. The van der Waals surface area contributed by atoms with Crippen molar-refractivity contribution >= 4 is 15.7 Å². The number of aryl methyl sites for hydroxylation is 2. The lowest BCUT2D eigenvalue weighted by Crippen LogP contribution is -2.15. The van der Waals surface area contributed by atoms with Crippen molar-refractivity contribution in [1.29, 1.82) is 0 Å². The minimum Gasteiger partial charge on any atom is -0.433 e. The number of hydrogen-bond donors (Lipinski definition) is 1. The van der Waals surface area contributed by atoms with E-state index in [0.29, 0.717) is 5.56 Å². The second kappa shape index (κ2) is 7.61. The minimum absolute atomic E-state index is 0.0204. The van der Waals surface area contributed by atoms with Gasteiger partial charge in [0.2, 0.25) is 0 Å². The van der Waals surface area contributed by atoms with E-state index in [2.05, 4.69) is 9.46 Å². The van der Waals surface area contributed by atoms with Crippen molar-refractivity contribution < 1.29 is 21.9 Å². The average Bonchev–Trinajstić information content (AvgIpc) is 2.50. The highest BCUT2D eigenvalue weighted by molar-refractivity contribution is 7.92. The molecule has 24 heavy (non-hydrogen) atoms. The Morgan fingerprint density at radius 1 is 1.12 bits per heavy atom. The van der Waals surface area contributed by atoms with Crippen LogP contribution in [-0.2, 0) is 16.4 Å². The smallest absolute Gasteiger partial charge is 0.387 e. The van der Waals surface area contributed by atoms with Crippen molar-refractivity contribution in [2.75, 3.05) is 4.72 Å². The van der Waals surface area contributed by atoms with Crippen molar-refractivity contribution in [3.05, 3.63) is 53.6 Å². The van der Waals surface area contributed by atoms with E-state index < -0.39 is 16.6 Å². The molecule has 0 amide bonds. The summed E-state index contributed by atoms with van der Waals surface area (Å²) < 4.78 is 56.6. The van der Waals surface area contributed by atoms with Crippen molar-refractivity contribution in [3.63, 3.8) is 0 Å². The van der Waals surface area contributed by atoms with Gasteiger partial charge in [-0.1, -0.05) is 31.5 Å². The van der Waals surface area contributed by atoms with Gasteiger partial charge < -0.3 is 4.74 Å². The van der Waals surface area contributed by atoms with Crippen molar-refractivity contribution in [3.8, 4) is 5.75 Å². The van der Waals surface area contributed by atoms with Crippen molar-refractivity contribution in [2.24, 2.45) is 0 Å². The van der Waals surface area contributed by atoms with Gasteiger partial charge >= 0.3 is 6.61 Å². The summed E-state index contributed by atoms with van der Waals surface area (Å²) in [5.41, 5.74) is 1.73. The molecule has 2 aromatic rings. The van der Waals surface area contributed by atoms with E-state index >= 15 is 0 Å². The summed E-state index contributed by atoms with van der Waals surface area (Å²) in [6.07, 6.45) is 1.82. The van der Waals surface area contributed by atoms with Gasteiger partial charge in [-0.15, -0.1) is 0 Å². The fourth-order valence-electron chi connectivity index (χ4n) is 2.25. The van der Waals surface area contributed by atoms with E-state index in [1.807, 2.05) is 6.92 Å². The molecule has 0 aliphatic heterocycles. The predicted molar refractivity (Wildman–Crippen MR) is 89.1 cm³/mol. The summed E-state index contributed by atoms with van der Waals surface area (Å²) in [7, 11) is -3.89. The molecular formula is C17H19F2NO3S. The molecule has 0 aromatic heterocycles. The number of hydrogen-bond acceptors (Lipinski definition) is 3. The molecule has 0 fully saturated rings. The van der Waals surface area contributed by atoms with Gasteiger partial charge in [0.15, 0.2) is 0 Å². The lowest BCUT2D eigenvalue weighted by atomic mass is 10.1. The van der Waals surface area contributed by atoms with Crippen LogP contribution in [0.3, 0.4) is 0 Å². The third kappa shape index (κ3) is 4.67. The summed E-state index contributed by atoms with van der Waals surface area (Å²) in [5.74, 6) is -0.221. The molecule has 0 bridgehead atoms. The van der Waals surface area contributed by atoms with Crippen LogP contribution in [0.4, 0.5) is 14.5 Å². The van der Waals surface area contributed by atoms with Crippen LogP contribution in [0.25, 0.3) is 0 Å². The lowest BCUT2D eigenvalue weighted by Gasteiger charge is -2.14. The van der Waals surface area contributed by atoms with Crippen molar-refractivity contribution in [2.45, 2.75) is 38.2 Å². The molecule has 0 radical (unpaired) electrons. The number of benzene rings is 2. The van der Waals surface area contributed by atoms with E-state index in [-0.39, 0.29) is 16.3 Å². The minimum atomic E-state index is -3.89. The molecule has 130 valence electrons. The maximum absolute atomic E-state index is 12.5. The van der Waals surface area contributed by atoms with Gasteiger partial charge in [0.1, 0.15) is 5.75 Å². The van der Waals surface area contributed by atoms with Gasteiger partial charge in [0.05, 0.1) is 10.6 Å². The number of nitrogens with one attached hydrogen (secondary N) is 1. The highest BCUT2D eigenvalue weighted by Gasteiger charge is 2.18. The number of halogens is 2. The van der Waals surface area contributed by atoms with Crippen LogP contribution >= 0.6 is 0 Å². The number of alkyl halides is 2. The second-order valence-corrected chi connectivity index (χ2v) is 7.06. The highest BCUT2D eigenvalue weighted by Crippen LogP contribution is 2.29. The third-order valence-electron chi connectivity index (χ3n) is 3.37. The molecular weight excluding hydrogens is 336 g/mol. The lowest BCUT2D eigenvalue weighted by molar-refractivity contribution is -0.0493. The molecule has 0 unspecified atom stereocenters. The SMILES string of the molecule is CCCc1ccc(S(=O)(=O)Nc2cc(C)ccc2OC(F)F)cc1. The van der Waals surface area contributed by atoms with Gasteiger partial charge in [0, 0.05) is 0 Å². The maximum Gasteiger partial charge on any atom is 0.387 e. The second-order valence-electron chi connectivity index (χ2n) is 5.38. The molecule has 0 aliphatic rings. The normalized spacial score (nSPS) is 11.5. The molecule has 7 heteroatoms. The van der Waals surface area contributed by atoms with E-state index in [9.17, 15) is 17.2 Å². The molecule has 2 aromatic carbocycles. The number of sulfonamides is 1. The van der Waals surface area contributed by atoms with Crippen LogP contribution in [0, 0.1) is 6.92 Å². The van der Waals surface area contributed by atoms with Crippen LogP contribution in [0.1, 0.15) is 24.5 Å². The Bertz CT molecular complexity index is 790. The molecule has 0 saturated heterocycles.